The molecule has 6 heteroatoms. The van der Waals surface area contributed by atoms with E-state index in [0.717, 1.165) is 6.54 Å². The monoisotopic (exact) mass is 244 g/mol. The lowest BCUT2D eigenvalue weighted by atomic mass is 10.0. The van der Waals surface area contributed by atoms with Crippen molar-refractivity contribution in [2.75, 3.05) is 19.8 Å². The highest BCUT2D eigenvalue weighted by molar-refractivity contribution is 5.85. The van der Waals surface area contributed by atoms with E-state index in [2.05, 4.69) is 10.6 Å². The summed E-state index contributed by atoms with van der Waals surface area (Å²) in [6, 6.07) is -0.836. The maximum Gasteiger partial charge on any atom is 0.326 e. The number of hydrogen-bond acceptors (Lipinski definition) is 4. The summed E-state index contributed by atoms with van der Waals surface area (Å²) >= 11 is 0. The molecular weight excluding hydrogens is 224 g/mol. The maximum atomic E-state index is 11.9. The zero-order valence-electron chi connectivity index (χ0n) is 10.2. The Kier molecular flexibility index (Phi) is 5.37. The summed E-state index contributed by atoms with van der Waals surface area (Å²) < 4.78 is 5.25. The lowest BCUT2D eigenvalue weighted by molar-refractivity contribution is -0.142. The first-order chi connectivity index (χ1) is 8.10. The van der Waals surface area contributed by atoms with Gasteiger partial charge in [0.2, 0.25) is 5.91 Å². The van der Waals surface area contributed by atoms with Gasteiger partial charge in [0.25, 0.3) is 0 Å². The van der Waals surface area contributed by atoms with Gasteiger partial charge in [-0.15, -0.1) is 0 Å². The normalized spacial score (nSPS) is 25.5. The van der Waals surface area contributed by atoms with Crippen LogP contribution in [0.2, 0.25) is 0 Å². The van der Waals surface area contributed by atoms with Crippen molar-refractivity contribution in [2.45, 2.75) is 32.4 Å². The molecule has 6 nitrogen and oxygen atoms in total. The van der Waals surface area contributed by atoms with Crippen LogP contribution in [0.25, 0.3) is 0 Å². The van der Waals surface area contributed by atoms with Crippen molar-refractivity contribution in [3.8, 4) is 0 Å². The third-order valence-corrected chi connectivity index (χ3v) is 2.91. The minimum atomic E-state index is -1.00. The molecule has 0 aromatic heterocycles. The number of amides is 1. The van der Waals surface area contributed by atoms with Crippen molar-refractivity contribution >= 4 is 11.9 Å². The first kappa shape index (κ1) is 13.9. The number of rotatable bonds is 6. The Balaban J connectivity index is 2.53. The Hall–Kier alpha value is -1.14. The highest BCUT2D eigenvalue weighted by atomic mass is 16.5. The van der Waals surface area contributed by atoms with E-state index in [9.17, 15) is 9.59 Å². The zero-order chi connectivity index (χ0) is 12.8. The lowest BCUT2D eigenvalue weighted by Gasteiger charge is -2.20. The van der Waals surface area contributed by atoms with Crippen molar-refractivity contribution in [1.82, 2.24) is 10.6 Å². The van der Waals surface area contributed by atoms with Crippen molar-refractivity contribution in [1.29, 1.82) is 0 Å². The Morgan fingerprint density at radius 3 is 2.65 bits per heavy atom. The molecule has 0 spiro atoms. The number of ether oxygens (including phenoxy) is 1. The standard InChI is InChI=1S/C11H20N2O4/c1-3-8(11(15)16)13-10(14)7-5-17-6-9(7)12-4-2/h7-9,12H,3-6H2,1-2H3,(H,13,14)(H,15,16). The first-order valence-electron chi connectivity index (χ1n) is 5.94. The van der Waals surface area contributed by atoms with E-state index in [4.69, 9.17) is 9.84 Å². The van der Waals surface area contributed by atoms with Gasteiger partial charge >= 0.3 is 5.97 Å². The molecule has 98 valence electrons. The van der Waals surface area contributed by atoms with Gasteiger partial charge in [-0.1, -0.05) is 13.8 Å². The third kappa shape index (κ3) is 3.67. The number of carboxylic acid groups (broad SMARTS) is 1. The number of hydrogen-bond donors (Lipinski definition) is 3. The lowest BCUT2D eigenvalue weighted by Crippen LogP contribution is -2.48. The molecule has 1 heterocycles. The topological polar surface area (TPSA) is 87.7 Å². The Labute approximate surface area is 101 Å². The predicted molar refractivity (Wildman–Crippen MR) is 61.6 cm³/mol. The third-order valence-electron chi connectivity index (χ3n) is 2.91. The summed E-state index contributed by atoms with van der Waals surface area (Å²) in [6.07, 6.45) is 0.376. The highest BCUT2D eigenvalue weighted by Gasteiger charge is 2.34. The molecule has 3 N–H and O–H groups in total. The van der Waals surface area contributed by atoms with Crippen LogP contribution < -0.4 is 10.6 Å². The molecule has 0 aromatic carbocycles. The van der Waals surface area contributed by atoms with Gasteiger partial charge in [-0.3, -0.25) is 4.79 Å². The number of likely N-dealkylation sites (N-methyl/N-ethyl adjacent to an activating group) is 1. The average molecular weight is 244 g/mol. The fraction of sp³-hybridized carbons (Fsp3) is 0.818. The zero-order valence-corrected chi connectivity index (χ0v) is 10.2. The summed E-state index contributed by atoms with van der Waals surface area (Å²) in [5, 5.41) is 14.6. The van der Waals surface area contributed by atoms with Gasteiger partial charge in [0.15, 0.2) is 0 Å². The predicted octanol–water partition coefficient (Wildman–Crippen LogP) is -0.410. The SMILES string of the molecule is CCNC1COCC1C(=O)NC(CC)C(=O)O. The quantitative estimate of drug-likeness (QED) is 0.591. The number of carbonyl (C=O) groups excluding carboxylic acids is 1. The second kappa shape index (κ2) is 6.56. The molecule has 1 aliphatic heterocycles. The largest absolute Gasteiger partial charge is 0.480 e. The molecule has 0 aromatic rings. The molecule has 0 bridgehead atoms. The van der Waals surface area contributed by atoms with Crippen LogP contribution in [0.5, 0.6) is 0 Å². The van der Waals surface area contributed by atoms with Crippen LogP contribution in [0, 0.1) is 5.92 Å². The van der Waals surface area contributed by atoms with E-state index in [-0.39, 0.29) is 17.9 Å². The minimum absolute atomic E-state index is 0.0219. The van der Waals surface area contributed by atoms with E-state index in [0.29, 0.717) is 19.6 Å². The van der Waals surface area contributed by atoms with Gasteiger partial charge in [-0.2, -0.15) is 0 Å². The molecule has 0 saturated carbocycles. The molecule has 1 saturated heterocycles. The van der Waals surface area contributed by atoms with Gasteiger partial charge in [-0.05, 0) is 13.0 Å². The molecule has 17 heavy (non-hydrogen) atoms. The molecule has 0 aliphatic carbocycles. The van der Waals surface area contributed by atoms with Crippen molar-refractivity contribution < 1.29 is 19.4 Å². The number of carboxylic acids is 1. The van der Waals surface area contributed by atoms with Gasteiger partial charge < -0.3 is 20.5 Å². The van der Waals surface area contributed by atoms with Crippen LogP contribution in [-0.2, 0) is 14.3 Å². The van der Waals surface area contributed by atoms with E-state index < -0.39 is 12.0 Å². The van der Waals surface area contributed by atoms with Gasteiger partial charge in [0, 0.05) is 6.04 Å². The summed E-state index contributed by atoms with van der Waals surface area (Å²) in [7, 11) is 0. The first-order valence-corrected chi connectivity index (χ1v) is 5.94. The van der Waals surface area contributed by atoms with E-state index in [1.54, 1.807) is 6.92 Å². The minimum Gasteiger partial charge on any atom is -0.480 e. The van der Waals surface area contributed by atoms with Crippen LogP contribution in [-0.4, -0.2) is 48.8 Å². The molecule has 0 radical (unpaired) electrons. The number of nitrogens with one attached hydrogen (secondary N) is 2. The number of aliphatic carboxylic acids is 1. The molecule has 3 unspecified atom stereocenters. The Bertz CT molecular complexity index is 283. The summed E-state index contributed by atoms with van der Waals surface area (Å²) in [5.74, 6) is -1.55. The fourth-order valence-electron chi connectivity index (χ4n) is 1.89. The van der Waals surface area contributed by atoms with Crippen LogP contribution in [0.3, 0.4) is 0 Å². The smallest absolute Gasteiger partial charge is 0.326 e. The molecule has 3 atom stereocenters. The van der Waals surface area contributed by atoms with Crippen LogP contribution >= 0.6 is 0 Å². The number of carbonyl (C=O) groups is 2. The second-order valence-electron chi connectivity index (χ2n) is 4.12. The molecule has 1 aliphatic rings. The van der Waals surface area contributed by atoms with Gasteiger partial charge in [0.1, 0.15) is 6.04 Å². The van der Waals surface area contributed by atoms with E-state index >= 15 is 0 Å². The van der Waals surface area contributed by atoms with Crippen LogP contribution in [0.15, 0.2) is 0 Å². The van der Waals surface area contributed by atoms with Crippen LogP contribution in [0.4, 0.5) is 0 Å². The molecule has 1 rings (SSSR count). The Morgan fingerprint density at radius 2 is 2.12 bits per heavy atom. The summed E-state index contributed by atoms with van der Waals surface area (Å²) in [6.45, 7) is 5.29. The van der Waals surface area contributed by atoms with Gasteiger partial charge in [-0.25, -0.2) is 4.79 Å². The van der Waals surface area contributed by atoms with E-state index in [1.807, 2.05) is 6.92 Å². The van der Waals surface area contributed by atoms with Crippen molar-refractivity contribution in [3.05, 3.63) is 0 Å². The molecule has 1 fully saturated rings. The Morgan fingerprint density at radius 1 is 1.41 bits per heavy atom. The van der Waals surface area contributed by atoms with Crippen molar-refractivity contribution in [2.24, 2.45) is 5.92 Å². The molecular formula is C11H20N2O4. The fourth-order valence-corrected chi connectivity index (χ4v) is 1.89. The summed E-state index contributed by atoms with van der Waals surface area (Å²) in [4.78, 5) is 22.7. The van der Waals surface area contributed by atoms with Crippen molar-refractivity contribution in [3.63, 3.8) is 0 Å². The highest BCUT2D eigenvalue weighted by Crippen LogP contribution is 2.14. The second-order valence-corrected chi connectivity index (χ2v) is 4.12. The average Bonchev–Trinajstić information content (AvgIpc) is 2.74. The van der Waals surface area contributed by atoms with Crippen LogP contribution in [0.1, 0.15) is 20.3 Å². The molecule has 1 amide bonds. The van der Waals surface area contributed by atoms with E-state index in [1.165, 1.54) is 0 Å². The maximum absolute atomic E-state index is 11.9. The summed E-state index contributed by atoms with van der Waals surface area (Å²) in [5.41, 5.74) is 0. The van der Waals surface area contributed by atoms with Gasteiger partial charge in [0.05, 0.1) is 19.1 Å².